The van der Waals surface area contributed by atoms with Gasteiger partial charge in [0.05, 0.1) is 25.0 Å². The molecule has 0 aromatic heterocycles. The van der Waals surface area contributed by atoms with E-state index < -0.39 is 70.3 Å². The Kier molecular flexibility index (Phi) is 7.74. The van der Waals surface area contributed by atoms with Crippen LogP contribution in [0, 0.1) is 16.7 Å². The molecule has 1 saturated carbocycles. The molecule has 1 heterocycles. The number of carbonyl (C=O) groups is 5. The van der Waals surface area contributed by atoms with Crippen LogP contribution in [0.15, 0.2) is 0 Å². The summed E-state index contributed by atoms with van der Waals surface area (Å²) in [4.78, 5) is 64.2. The number of ether oxygens (including phenoxy) is 5. The minimum absolute atomic E-state index is 0.0277. The normalized spacial score (nSPS) is 26.8. The Morgan fingerprint density at radius 1 is 0.971 bits per heavy atom. The molecule has 2 aliphatic rings. The molecule has 4 atom stereocenters. The van der Waals surface area contributed by atoms with E-state index in [9.17, 15) is 24.0 Å². The lowest BCUT2D eigenvalue weighted by atomic mass is 9.66. The summed E-state index contributed by atoms with van der Waals surface area (Å²) in [5.74, 6) is -5.73. The summed E-state index contributed by atoms with van der Waals surface area (Å²) in [5, 5.41) is 0. The summed E-state index contributed by atoms with van der Waals surface area (Å²) in [5.41, 5.74) is -4.46. The van der Waals surface area contributed by atoms with Gasteiger partial charge in [-0.15, -0.1) is 0 Å². The average Bonchev–Trinajstić information content (AvgIpc) is 2.99. The summed E-state index contributed by atoms with van der Waals surface area (Å²) in [6, 6.07) is 0. The molecule has 192 valence electrons. The van der Waals surface area contributed by atoms with Crippen molar-refractivity contribution >= 4 is 29.8 Å². The van der Waals surface area contributed by atoms with Crippen LogP contribution in [0.25, 0.3) is 0 Å². The second kappa shape index (κ2) is 9.54. The quantitative estimate of drug-likeness (QED) is 0.355. The van der Waals surface area contributed by atoms with E-state index in [2.05, 4.69) is 0 Å². The van der Waals surface area contributed by atoms with E-state index in [0.717, 1.165) is 0 Å². The van der Waals surface area contributed by atoms with E-state index in [1.54, 1.807) is 55.4 Å². The van der Waals surface area contributed by atoms with E-state index in [4.69, 9.17) is 23.7 Å². The Morgan fingerprint density at radius 2 is 1.56 bits per heavy atom. The van der Waals surface area contributed by atoms with Crippen LogP contribution in [0.5, 0.6) is 0 Å². The SMILES string of the molecule is CCOC(=O)C[C@@H](C(=O)OCC)[C@H](OC(=O)[C@@]12CC[C@@](C)(C(=O)O1)C2(C)C)C(=O)OC(C)(C)C. The zero-order chi connectivity index (χ0) is 26.1. The van der Waals surface area contributed by atoms with Gasteiger partial charge in [-0.05, 0) is 54.4 Å². The largest absolute Gasteiger partial charge is 0.466 e. The van der Waals surface area contributed by atoms with Crippen LogP contribution >= 0.6 is 0 Å². The Morgan fingerprint density at radius 3 is 2.00 bits per heavy atom. The first kappa shape index (κ1) is 27.6. The van der Waals surface area contributed by atoms with Crippen molar-refractivity contribution in [2.45, 2.75) is 92.0 Å². The maximum atomic E-state index is 13.5. The number of hydrogen-bond donors (Lipinski definition) is 0. The monoisotopic (exact) mass is 484 g/mol. The molecule has 1 aliphatic carbocycles. The lowest BCUT2D eigenvalue weighted by Crippen LogP contribution is -2.53. The summed E-state index contributed by atoms with van der Waals surface area (Å²) in [6.07, 6.45) is -1.79. The summed E-state index contributed by atoms with van der Waals surface area (Å²) < 4.78 is 26.5. The minimum Gasteiger partial charge on any atom is -0.466 e. The number of fused-ring (bicyclic) bond motifs is 2. The van der Waals surface area contributed by atoms with Crippen LogP contribution in [0.4, 0.5) is 0 Å². The molecule has 1 saturated heterocycles. The van der Waals surface area contributed by atoms with Gasteiger partial charge in [-0.2, -0.15) is 0 Å². The van der Waals surface area contributed by atoms with E-state index in [0.29, 0.717) is 6.42 Å². The smallest absolute Gasteiger partial charge is 0.352 e. The Labute approximate surface area is 199 Å². The topological polar surface area (TPSA) is 132 Å². The first-order valence-electron chi connectivity index (χ1n) is 11.6. The Balaban J connectivity index is 2.46. The highest BCUT2D eigenvalue weighted by Gasteiger charge is 2.76. The summed E-state index contributed by atoms with van der Waals surface area (Å²) >= 11 is 0. The molecule has 10 nitrogen and oxygen atoms in total. The van der Waals surface area contributed by atoms with Gasteiger partial charge in [-0.1, -0.05) is 13.8 Å². The van der Waals surface area contributed by atoms with Crippen LogP contribution < -0.4 is 0 Å². The van der Waals surface area contributed by atoms with Crippen molar-refractivity contribution in [2.24, 2.45) is 16.7 Å². The molecule has 10 heteroatoms. The van der Waals surface area contributed by atoms with Crippen LogP contribution in [-0.2, 0) is 47.7 Å². The third kappa shape index (κ3) is 4.77. The van der Waals surface area contributed by atoms with Gasteiger partial charge in [-0.25, -0.2) is 9.59 Å². The molecular weight excluding hydrogens is 448 g/mol. The third-order valence-corrected chi connectivity index (χ3v) is 6.93. The summed E-state index contributed by atoms with van der Waals surface area (Å²) in [6.45, 7) is 13.2. The van der Waals surface area contributed by atoms with Crippen molar-refractivity contribution in [3.05, 3.63) is 0 Å². The lowest BCUT2D eigenvalue weighted by Gasteiger charge is -2.36. The molecule has 0 radical (unpaired) electrons. The maximum absolute atomic E-state index is 13.5. The minimum atomic E-state index is -1.81. The fourth-order valence-corrected chi connectivity index (χ4v) is 4.53. The van der Waals surface area contributed by atoms with Crippen LogP contribution in [0.3, 0.4) is 0 Å². The zero-order valence-electron chi connectivity index (χ0n) is 21.3. The van der Waals surface area contributed by atoms with Gasteiger partial charge < -0.3 is 23.7 Å². The molecule has 1 aliphatic heterocycles. The van der Waals surface area contributed by atoms with E-state index >= 15 is 0 Å². The number of esters is 5. The molecule has 0 spiro atoms. The second-order valence-electron chi connectivity index (χ2n) is 10.4. The molecule has 2 fully saturated rings. The molecule has 0 unspecified atom stereocenters. The van der Waals surface area contributed by atoms with E-state index in [-0.39, 0.29) is 19.6 Å². The fourth-order valence-electron chi connectivity index (χ4n) is 4.53. The fraction of sp³-hybridized carbons (Fsp3) is 0.792. The Hall–Kier alpha value is -2.65. The standard InChI is InChI=1S/C24H36O10/c1-9-30-15(25)13-14(17(26)31-10-2)16(18(27)33-21(3,4)5)32-20(29)24-12-11-23(8,19(28)34-24)22(24,6)7/h14,16H,9-13H2,1-8H3/t14-,16+,23+,24-/m1/s1. The van der Waals surface area contributed by atoms with E-state index in [1.807, 2.05) is 0 Å². The van der Waals surface area contributed by atoms with Crippen molar-refractivity contribution in [2.75, 3.05) is 13.2 Å². The van der Waals surface area contributed by atoms with Crippen LogP contribution in [-0.4, -0.2) is 60.4 Å². The van der Waals surface area contributed by atoms with Crippen molar-refractivity contribution in [3.63, 3.8) is 0 Å². The predicted octanol–water partition coefficient (Wildman–Crippen LogP) is 2.49. The number of carbonyl (C=O) groups excluding carboxylic acids is 5. The molecule has 0 N–H and O–H groups in total. The molecule has 0 aromatic rings. The van der Waals surface area contributed by atoms with Crippen molar-refractivity contribution < 1.29 is 47.7 Å². The molecule has 2 bridgehead atoms. The molecule has 0 amide bonds. The van der Waals surface area contributed by atoms with Crippen LogP contribution in [0.1, 0.15) is 74.7 Å². The van der Waals surface area contributed by atoms with Gasteiger partial charge >= 0.3 is 29.8 Å². The average molecular weight is 485 g/mol. The first-order valence-corrected chi connectivity index (χ1v) is 11.6. The number of hydrogen-bond acceptors (Lipinski definition) is 10. The zero-order valence-corrected chi connectivity index (χ0v) is 21.3. The third-order valence-electron chi connectivity index (χ3n) is 6.93. The predicted molar refractivity (Wildman–Crippen MR) is 117 cm³/mol. The number of rotatable bonds is 9. The Bertz CT molecular complexity index is 854. The van der Waals surface area contributed by atoms with Gasteiger partial charge in [0, 0.05) is 5.41 Å². The second-order valence-corrected chi connectivity index (χ2v) is 10.4. The highest BCUT2D eigenvalue weighted by atomic mass is 16.6. The van der Waals surface area contributed by atoms with Gasteiger partial charge in [0.15, 0.2) is 0 Å². The summed E-state index contributed by atoms with van der Waals surface area (Å²) in [7, 11) is 0. The molecule has 0 aromatic carbocycles. The first-order chi connectivity index (χ1) is 15.6. The highest BCUT2D eigenvalue weighted by molar-refractivity contribution is 5.95. The molecule has 34 heavy (non-hydrogen) atoms. The van der Waals surface area contributed by atoms with Crippen molar-refractivity contribution in [1.29, 1.82) is 0 Å². The van der Waals surface area contributed by atoms with Gasteiger partial charge in [0.25, 0.3) is 0 Å². The highest BCUT2D eigenvalue weighted by Crippen LogP contribution is 2.65. The van der Waals surface area contributed by atoms with Crippen molar-refractivity contribution in [1.82, 2.24) is 0 Å². The van der Waals surface area contributed by atoms with Gasteiger partial charge in [0.1, 0.15) is 11.5 Å². The van der Waals surface area contributed by atoms with Gasteiger partial charge in [-0.3, -0.25) is 14.4 Å². The lowest BCUT2D eigenvalue weighted by molar-refractivity contribution is -0.200. The van der Waals surface area contributed by atoms with E-state index in [1.165, 1.54) is 0 Å². The maximum Gasteiger partial charge on any atom is 0.352 e. The molecular formula is C24H36O10. The van der Waals surface area contributed by atoms with Gasteiger partial charge in [0.2, 0.25) is 11.7 Å². The molecule has 2 rings (SSSR count). The van der Waals surface area contributed by atoms with Crippen molar-refractivity contribution in [3.8, 4) is 0 Å². The van der Waals surface area contributed by atoms with Crippen LogP contribution in [0.2, 0.25) is 0 Å².